The van der Waals surface area contributed by atoms with Gasteiger partial charge >= 0.3 is 6.36 Å². The Balaban J connectivity index is 1.78. The van der Waals surface area contributed by atoms with Crippen LogP contribution in [0.25, 0.3) is 0 Å². The van der Waals surface area contributed by atoms with Gasteiger partial charge in [0, 0.05) is 30.7 Å². The number of carbonyl (C=O) groups excluding carboxylic acids is 1. The SMILES string of the molecule is O=C(c1ccco1)N1CCN(S(=O)(=O)c2ccc(Br)cc2OC(F)(F)F)CC1. The molecular weight excluding hydrogens is 469 g/mol. The lowest BCUT2D eigenvalue weighted by Gasteiger charge is -2.33. The molecular formula is C16H14BrF3N2O5S. The highest BCUT2D eigenvalue weighted by atomic mass is 79.9. The average Bonchev–Trinajstić information content (AvgIpc) is 3.14. The fraction of sp³-hybridized carbons (Fsp3) is 0.312. The van der Waals surface area contributed by atoms with Crippen LogP contribution in [-0.4, -0.2) is 56.1 Å². The van der Waals surface area contributed by atoms with E-state index in [4.69, 9.17) is 4.42 Å². The number of ether oxygens (including phenoxy) is 1. The first-order chi connectivity index (χ1) is 13.1. The molecule has 1 fully saturated rings. The second-order valence-corrected chi connectivity index (χ2v) is 8.63. The Morgan fingerprint density at radius 1 is 1.14 bits per heavy atom. The smallest absolute Gasteiger partial charge is 0.459 e. The first kappa shape index (κ1) is 20.7. The molecule has 0 radical (unpaired) electrons. The number of piperazine rings is 1. The molecule has 28 heavy (non-hydrogen) atoms. The van der Waals surface area contributed by atoms with Gasteiger partial charge in [-0.05, 0) is 30.3 Å². The summed E-state index contributed by atoms with van der Waals surface area (Å²) in [6, 6.07) is 6.35. The molecule has 2 aromatic rings. The number of carbonyl (C=O) groups is 1. The zero-order chi connectivity index (χ0) is 20.5. The summed E-state index contributed by atoms with van der Waals surface area (Å²) in [5.74, 6) is -1.08. The third kappa shape index (κ3) is 4.50. The minimum Gasteiger partial charge on any atom is -0.459 e. The van der Waals surface area contributed by atoms with Gasteiger partial charge in [-0.25, -0.2) is 8.42 Å². The van der Waals surface area contributed by atoms with E-state index in [-0.39, 0.29) is 42.3 Å². The van der Waals surface area contributed by atoms with Gasteiger partial charge in [-0.2, -0.15) is 4.31 Å². The van der Waals surface area contributed by atoms with Gasteiger partial charge in [0.1, 0.15) is 4.90 Å². The topological polar surface area (TPSA) is 80.1 Å². The van der Waals surface area contributed by atoms with Crippen molar-refractivity contribution in [1.82, 2.24) is 9.21 Å². The molecule has 2 heterocycles. The molecule has 1 aromatic carbocycles. The Bertz CT molecular complexity index is 955. The lowest BCUT2D eigenvalue weighted by molar-refractivity contribution is -0.275. The van der Waals surface area contributed by atoms with Crippen LogP contribution in [0.1, 0.15) is 10.6 Å². The summed E-state index contributed by atoms with van der Waals surface area (Å²) in [5, 5.41) is 0. The quantitative estimate of drug-likeness (QED) is 0.668. The van der Waals surface area contributed by atoms with E-state index in [9.17, 15) is 26.4 Å². The van der Waals surface area contributed by atoms with Gasteiger partial charge in [-0.1, -0.05) is 15.9 Å². The van der Waals surface area contributed by atoms with Gasteiger partial charge in [-0.15, -0.1) is 13.2 Å². The Morgan fingerprint density at radius 2 is 1.82 bits per heavy atom. The van der Waals surface area contributed by atoms with E-state index in [1.807, 2.05) is 0 Å². The lowest BCUT2D eigenvalue weighted by Crippen LogP contribution is -2.50. The van der Waals surface area contributed by atoms with Crippen LogP contribution in [0.5, 0.6) is 5.75 Å². The summed E-state index contributed by atoms with van der Waals surface area (Å²) >= 11 is 3.00. The first-order valence-corrected chi connectivity index (χ1v) is 10.2. The van der Waals surface area contributed by atoms with Crippen LogP contribution in [0.4, 0.5) is 13.2 Å². The number of rotatable bonds is 4. The van der Waals surface area contributed by atoms with Gasteiger partial charge in [0.2, 0.25) is 10.0 Å². The number of halogens is 4. The minimum absolute atomic E-state index is 0.0731. The van der Waals surface area contributed by atoms with E-state index in [1.54, 1.807) is 6.07 Å². The Kier molecular flexibility index (Phi) is 5.73. The predicted octanol–water partition coefficient (Wildman–Crippen LogP) is 3.09. The number of furan rings is 1. The third-order valence-corrected chi connectivity index (χ3v) is 6.44. The lowest BCUT2D eigenvalue weighted by atomic mass is 10.3. The fourth-order valence-corrected chi connectivity index (χ4v) is 4.58. The molecule has 0 N–H and O–H groups in total. The van der Waals surface area contributed by atoms with Crippen molar-refractivity contribution >= 4 is 31.9 Å². The molecule has 1 amide bonds. The predicted molar refractivity (Wildman–Crippen MR) is 94.2 cm³/mol. The van der Waals surface area contributed by atoms with Crippen LogP contribution >= 0.6 is 15.9 Å². The average molecular weight is 483 g/mol. The Labute approximate surface area is 166 Å². The number of benzene rings is 1. The van der Waals surface area contributed by atoms with E-state index in [1.165, 1.54) is 23.3 Å². The zero-order valence-electron chi connectivity index (χ0n) is 14.1. The van der Waals surface area contributed by atoms with E-state index >= 15 is 0 Å². The van der Waals surface area contributed by atoms with Crippen LogP contribution in [0, 0.1) is 0 Å². The molecule has 0 unspecified atom stereocenters. The molecule has 12 heteroatoms. The van der Waals surface area contributed by atoms with Crippen molar-refractivity contribution in [2.24, 2.45) is 0 Å². The second kappa shape index (κ2) is 7.76. The first-order valence-electron chi connectivity index (χ1n) is 7.96. The molecule has 0 saturated carbocycles. The number of nitrogens with zero attached hydrogens (tertiary/aromatic N) is 2. The fourth-order valence-electron chi connectivity index (χ4n) is 2.73. The second-order valence-electron chi connectivity index (χ2n) is 5.81. The maximum atomic E-state index is 12.9. The van der Waals surface area contributed by atoms with E-state index in [0.29, 0.717) is 0 Å². The maximum absolute atomic E-state index is 12.9. The van der Waals surface area contributed by atoms with Gasteiger partial charge < -0.3 is 14.1 Å². The largest absolute Gasteiger partial charge is 0.573 e. The van der Waals surface area contributed by atoms with E-state index < -0.39 is 27.0 Å². The molecule has 1 aliphatic rings. The van der Waals surface area contributed by atoms with Crippen LogP contribution in [0.3, 0.4) is 0 Å². The number of alkyl halides is 3. The van der Waals surface area contributed by atoms with Gasteiger partial charge in [0.05, 0.1) is 6.26 Å². The molecule has 0 bridgehead atoms. The van der Waals surface area contributed by atoms with Crippen LogP contribution < -0.4 is 4.74 Å². The summed E-state index contributed by atoms with van der Waals surface area (Å²) in [6.45, 7) is 0.00210. The van der Waals surface area contributed by atoms with Gasteiger partial charge in [-0.3, -0.25) is 4.79 Å². The summed E-state index contributed by atoms with van der Waals surface area (Å²) in [7, 11) is -4.26. The summed E-state index contributed by atoms with van der Waals surface area (Å²) in [4.78, 5) is 13.1. The molecule has 152 valence electrons. The van der Waals surface area contributed by atoms with Crippen LogP contribution in [0.2, 0.25) is 0 Å². The maximum Gasteiger partial charge on any atom is 0.573 e. The van der Waals surface area contributed by atoms with E-state index in [2.05, 4.69) is 20.7 Å². The zero-order valence-corrected chi connectivity index (χ0v) is 16.6. The number of sulfonamides is 1. The summed E-state index contributed by atoms with van der Waals surface area (Å²) < 4.78 is 73.9. The molecule has 0 atom stereocenters. The highest BCUT2D eigenvalue weighted by Crippen LogP contribution is 2.34. The third-order valence-electron chi connectivity index (χ3n) is 4.01. The number of hydrogen-bond acceptors (Lipinski definition) is 5. The van der Waals surface area contributed by atoms with E-state index in [0.717, 1.165) is 16.4 Å². The van der Waals surface area contributed by atoms with Gasteiger partial charge in [0.25, 0.3) is 5.91 Å². The summed E-state index contributed by atoms with van der Waals surface area (Å²) in [6.07, 6.45) is -3.69. The molecule has 7 nitrogen and oxygen atoms in total. The molecule has 3 rings (SSSR count). The monoisotopic (exact) mass is 482 g/mol. The van der Waals surface area contributed by atoms with Crippen molar-refractivity contribution in [3.05, 3.63) is 46.8 Å². The molecule has 1 saturated heterocycles. The summed E-state index contributed by atoms with van der Waals surface area (Å²) in [5.41, 5.74) is 0. The molecule has 1 aliphatic heterocycles. The van der Waals surface area contributed by atoms with Crippen molar-refractivity contribution in [3.63, 3.8) is 0 Å². The Morgan fingerprint density at radius 3 is 2.39 bits per heavy atom. The normalized spacial score (nSPS) is 16.2. The van der Waals surface area contributed by atoms with Crippen molar-refractivity contribution in [1.29, 1.82) is 0 Å². The highest BCUT2D eigenvalue weighted by Gasteiger charge is 2.37. The van der Waals surface area contributed by atoms with Crippen molar-refractivity contribution in [3.8, 4) is 5.75 Å². The van der Waals surface area contributed by atoms with Crippen molar-refractivity contribution in [2.75, 3.05) is 26.2 Å². The van der Waals surface area contributed by atoms with Crippen molar-refractivity contribution < 1.29 is 35.5 Å². The van der Waals surface area contributed by atoms with Crippen LogP contribution in [0.15, 0.2) is 50.4 Å². The highest BCUT2D eigenvalue weighted by molar-refractivity contribution is 9.10. The van der Waals surface area contributed by atoms with Gasteiger partial charge in [0.15, 0.2) is 11.5 Å². The minimum atomic E-state index is -5.04. The Hall–Kier alpha value is -2.05. The standard InChI is InChI=1S/C16H14BrF3N2O5S/c17-11-3-4-14(13(10-11)27-16(18,19)20)28(24,25)22-7-5-21(6-8-22)15(23)12-2-1-9-26-12/h1-4,9-10H,5-8H2. The molecule has 0 spiro atoms. The van der Waals surface area contributed by atoms with Crippen molar-refractivity contribution in [2.45, 2.75) is 11.3 Å². The number of hydrogen-bond donors (Lipinski definition) is 0. The number of amides is 1. The van der Waals surface area contributed by atoms with Crippen LogP contribution in [-0.2, 0) is 10.0 Å². The molecule has 0 aliphatic carbocycles. The molecule has 1 aromatic heterocycles.